The Morgan fingerprint density at radius 1 is 1.17 bits per heavy atom. The second kappa shape index (κ2) is 8.78. The first kappa shape index (κ1) is 18.4. The number of nitrogens with one attached hydrogen (secondary N) is 1. The van der Waals surface area contributed by atoms with Crippen molar-refractivity contribution in [3.05, 3.63) is 35.6 Å². The molecule has 2 amide bonds. The second-order valence-corrected chi connectivity index (χ2v) is 6.19. The molecule has 1 aromatic rings. The fourth-order valence-electron chi connectivity index (χ4n) is 2.81. The summed E-state index contributed by atoms with van der Waals surface area (Å²) in [5.41, 5.74) is 0.816. The lowest BCUT2D eigenvalue weighted by atomic mass is 10.1. The fraction of sp³-hybridized carbons (Fsp3) is 0.556. The van der Waals surface area contributed by atoms with Gasteiger partial charge in [0.2, 0.25) is 11.8 Å². The Bertz CT molecular complexity index is 554. The minimum Gasteiger partial charge on any atom is -0.355 e. The average Bonchev–Trinajstić information content (AvgIpc) is 2.61. The molecule has 1 heterocycles. The van der Waals surface area contributed by atoms with E-state index < -0.39 is 0 Å². The maximum Gasteiger partial charge on any atom is 0.237 e. The van der Waals surface area contributed by atoms with Crippen molar-refractivity contribution >= 4 is 11.8 Å². The molecule has 1 fully saturated rings. The van der Waals surface area contributed by atoms with E-state index in [1.807, 2.05) is 18.7 Å². The fourth-order valence-corrected chi connectivity index (χ4v) is 2.81. The molecule has 0 spiro atoms. The van der Waals surface area contributed by atoms with E-state index in [4.69, 9.17) is 0 Å². The molecule has 2 rings (SSSR count). The predicted octanol–water partition coefficient (Wildman–Crippen LogP) is 1.43. The molecule has 1 unspecified atom stereocenters. The molecule has 132 valence electrons. The minimum absolute atomic E-state index is 0.0444. The SMILES string of the molecule is CCCNC(=O)C(C)N1CCN(C(=O)Cc2ccc(F)cc2)CC1. The van der Waals surface area contributed by atoms with Crippen molar-refractivity contribution < 1.29 is 14.0 Å². The number of nitrogens with zero attached hydrogens (tertiary/aromatic N) is 2. The summed E-state index contributed by atoms with van der Waals surface area (Å²) < 4.78 is 12.9. The summed E-state index contributed by atoms with van der Waals surface area (Å²) in [4.78, 5) is 28.3. The van der Waals surface area contributed by atoms with Crippen LogP contribution < -0.4 is 5.32 Å². The van der Waals surface area contributed by atoms with Crippen molar-refractivity contribution in [2.24, 2.45) is 0 Å². The molecule has 0 aliphatic carbocycles. The maximum atomic E-state index is 12.9. The molecule has 0 bridgehead atoms. The highest BCUT2D eigenvalue weighted by Gasteiger charge is 2.27. The van der Waals surface area contributed by atoms with Gasteiger partial charge < -0.3 is 10.2 Å². The molecule has 0 radical (unpaired) electrons. The standard InChI is InChI=1S/C18H26FN3O2/c1-3-8-20-18(24)14(2)21-9-11-22(12-10-21)17(23)13-15-4-6-16(19)7-5-15/h4-7,14H,3,8-13H2,1-2H3,(H,20,24). The van der Waals surface area contributed by atoms with E-state index >= 15 is 0 Å². The summed E-state index contributed by atoms with van der Waals surface area (Å²) in [7, 11) is 0. The van der Waals surface area contributed by atoms with Gasteiger partial charge in [-0.2, -0.15) is 0 Å². The van der Waals surface area contributed by atoms with Crippen LogP contribution in [-0.2, 0) is 16.0 Å². The van der Waals surface area contributed by atoms with Gasteiger partial charge in [-0.15, -0.1) is 0 Å². The van der Waals surface area contributed by atoms with Crippen LogP contribution in [0.3, 0.4) is 0 Å². The number of carbonyl (C=O) groups excluding carboxylic acids is 2. The lowest BCUT2D eigenvalue weighted by molar-refractivity contribution is -0.133. The topological polar surface area (TPSA) is 52.7 Å². The largest absolute Gasteiger partial charge is 0.355 e. The number of carbonyl (C=O) groups is 2. The molecule has 1 aromatic carbocycles. The van der Waals surface area contributed by atoms with E-state index in [2.05, 4.69) is 10.2 Å². The summed E-state index contributed by atoms with van der Waals surface area (Å²) in [6, 6.07) is 5.85. The third kappa shape index (κ3) is 5.03. The molecule has 5 nitrogen and oxygen atoms in total. The Morgan fingerprint density at radius 3 is 2.38 bits per heavy atom. The zero-order valence-electron chi connectivity index (χ0n) is 14.4. The van der Waals surface area contributed by atoms with Crippen LogP contribution in [0.25, 0.3) is 0 Å². The van der Waals surface area contributed by atoms with Gasteiger partial charge >= 0.3 is 0 Å². The van der Waals surface area contributed by atoms with Crippen LogP contribution in [0.5, 0.6) is 0 Å². The zero-order chi connectivity index (χ0) is 17.5. The molecule has 0 saturated carbocycles. The first-order chi connectivity index (χ1) is 11.5. The predicted molar refractivity (Wildman–Crippen MR) is 91.0 cm³/mol. The number of rotatable bonds is 6. The molecular weight excluding hydrogens is 309 g/mol. The maximum absolute atomic E-state index is 12.9. The van der Waals surface area contributed by atoms with Crippen molar-refractivity contribution in [2.45, 2.75) is 32.7 Å². The highest BCUT2D eigenvalue weighted by Crippen LogP contribution is 2.10. The summed E-state index contributed by atoms with van der Waals surface area (Å²) in [5, 5.41) is 2.91. The van der Waals surface area contributed by atoms with Crippen LogP contribution in [0.4, 0.5) is 4.39 Å². The van der Waals surface area contributed by atoms with E-state index in [0.717, 1.165) is 12.0 Å². The Kier molecular flexibility index (Phi) is 6.73. The molecule has 1 N–H and O–H groups in total. The first-order valence-corrected chi connectivity index (χ1v) is 8.55. The van der Waals surface area contributed by atoms with Crippen molar-refractivity contribution in [3.8, 4) is 0 Å². The van der Waals surface area contributed by atoms with Crippen LogP contribution in [0.1, 0.15) is 25.8 Å². The Hall–Kier alpha value is -1.95. The van der Waals surface area contributed by atoms with Crippen molar-refractivity contribution in [1.82, 2.24) is 15.1 Å². The van der Waals surface area contributed by atoms with E-state index in [1.54, 1.807) is 12.1 Å². The Balaban J connectivity index is 1.80. The Morgan fingerprint density at radius 2 is 1.79 bits per heavy atom. The number of hydrogen-bond donors (Lipinski definition) is 1. The zero-order valence-corrected chi connectivity index (χ0v) is 14.4. The van der Waals surface area contributed by atoms with Gasteiger partial charge in [-0.3, -0.25) is 14.5 Å². The van der Waals surface area contributed by atoms with Gasteiger partial charge in [0, 0.05) is 32.7 Å². The van der Waals surface area contributed by atoms with E-state index in [9.17, 15) is 14.0 Å². The van der Waals surface area contributed by atoms with Gasteiger partial charge in [0.05, 0.1) is 12.5 Å². The molecule has 6 heteroatoms. The number of amides is 2. The number of hydrogen-bond acceptors (Lipinski definition) is 3. The summed E-state index contributed by atoms with van der Waals surface area (Å²) in [6.07, 6.45) is 1.21. The second-order valence-electron chi connectivity index (χ2n) is 6.19. The van der Waals surface area contributed by atoms with Crippen LogP contribution in [0, 0.1) is 5.82 Å². The van der Waals surface area contributed by atoms with Gasteiger partial charge in [-0.25, -0.2) is 4.39 Å². The normalized spacial score (nSPS) is 16.7. The Labute approximate surface area is 142 Å². The molecule has 1 saturated heterocycles. The van der Waals surface area contributed by atoms with Crippen LogP contribution >= 0.6 is 0 Å². The van der Waals surface area contributed by atoms with E-state index in [0.29, 0.717) is 32.7 Å². The van der Waals surface area contributed by atoms with Gasteiger partial charge in [0.15, 0.2) is 0 Å². The quantitative estimate of drug-likeness (QED) is 0.856. The van der Waals surface area contributed by atoms with Gasteiger partial charge in [-0.05, 0) is 31.0 Å². The summed E-state index contributed by atoms with van der Waals surface area (Å²) in [6.45, 7) is 7.24. The lowest BCUT2D eigenvalue weighted by Gasteiger charge is -2.37. The van der Waals surface area contributed by atoms with Crippen LogP contribution in [-0.4, -0.2) is 60.4 Å². The average molecular weight is 335 g/mol. The van der Waals surface area contributed by atoms with Crippen molar-refractivity contribution in [1.29, 1.82) is 0 Å². The van der Waals surface area contributed by atoms with Gasteiger partial charge in [0.1, 0.15) is 5.82 Å². The smallest absolute Gasteiger partial charge is 0.237 e. The lowest BCUT2D eigenvalue weighted by Crippen LogP contribution is -2.55. The summed E-state index contributed by atoms with van der Waals surface area (Å²) in [5.74, 6) is -0.206. The van der Waals surface area contributed by atoms with Crippen molar-refractivity contribution in [3.63, 3.8) is 0 Å². The van der Waals surface area contributed by atoms with Crippen molar-refractivity contribution in [2.75, 3.05) is 32.7 Å². The van der Waals surface area contributed by atoms with Crippen LogP contribution in [0.2, 0.25) is 0 Å². The third-order valence-corrected chi connectivity index (χ3v) is 4.41. The van der Waals surface area contributed by atoms with Crippen LogP contribution in [0.15, 0.2) is 24.3 Å². The molecule has 1 atom stereocenters. The molecule has 0 aromatic heterocycles. The highest BCUT2D eigenvalue weighted by molar-refractivity contribution is 5.81. The van der Waals surface area contributed by atoms with Gasteiger partial charge in [-0.1, -0.05) is 19.1 Å². The highest BCUT2D eigenvalue weighted by atomic mass is 19.1. The summed E-state index contributed by atoms with van der Waals surface area (Å²) >= 11 is 0. The monoisotopic (exact) mass is 335 g/mol. The molecule has 1 aliphatic heterocycles. The first-order valence-electron chi connectivity index (χ1n) is 8.55. The number of halogens is 1. The third-order valence-electron chi connectivity index (χ3n) is 4.41. The van der Waals surface area contributed by atoms with Gasteiger partial charge in [0.25, 0.3) is 0 Å². The molecule has 1 aliphatic rings. The molecular formula is C18H26FN3O2. The van der Waals surface area contributed by atoms with E-state index in [1.165, 1.54) is 12.1 Å². The minimum atomic E-state index is -0.296. The number of benzene rings is 1. The molecule has 24 heavy (non-hydrogen) atoms. The number of piperazine rings is 1. The van der Waals surface area contributed by atoms with E-state index in [-0.39, 0.29) is 30.1 Å².